The van der Waals surface area contributed by atoms with Crippen LogP contribution in [-0.2, 0) is 6.42 Å². The molecular formula is C21H27FO. The molecule has 0 heterocycles. The zero-order chi connectivity index (χ0) is 16.2. The molecule has 0 radical (unpaired) electrons. The van der Waals surface area contributed by atoms with Crippen LogP contribution in [0.25, 0.3) is 0 Å². The summed E-state index contributed by atoms with van der Waals surface area (Å²) in [6, 6.07) is 3.72. The lowest BCUT2D eigenvalue weighted by molar-refractivity contribution is 0.0811. The molecular weight excluding hydrogens is 287 g/mol. The first kappa shape index (κ1) is 15.2. The molecule has 0 saturated heterocycles. The van der Waals surface area contributed by atoms with Gasteiger partial charge < -0.3 is 4.74 Å². The van der Waals surface area contributed by atoms with E-state index in [1.54, 1.807) is 18.7 Å². The van der Waals surface area contributed by atoms with E-state index in [9.17, 15) is 4.39 Å². The van der Waals surface area contributed by atoms with Crippen molar-refractivity contribution in [2.75, 3.05) is 7.11 Å². The number of hydrogen-bond donors (Lipinski definition) is 0. The first-order valence-corrected chi connectivity index (χ1v) is 9.10. The van der Waals surface area contributed by atoms with E-state index in [4.69, 9.17) is 4.74 Å². The Hall–Kier alpha value is -1.31. The zero-order valence-corrected chi connectivity index (χ0v) is 14.5. The summed E-state index contributed by atoms with van der Waals surface area (Å²) in [5.74, 6) is 2.37. The molecule has 3 aliphatic carbocycles. The third kappa shape index (κ3) is 2.10. The van der Waals surface area contributed by atoms with Crippen LogP contribution in [0.4, 0.5) is 4.39 Å². The monoisotopic (exact) mass is 314 g/mol. The highest BCUT2D eigenvalue weighted by Crippen LogP contribution is 2.62. The molecule has 1 aromatic rings. The summed E-state index contributed by atoms with van der Waals surface area (Å²) in [5, 5.41) is 0. The second-order valence-electron chi connectivity index (χ2n) is 7.91. The number of benzene rings is 1. The zero-order valence-electron chi connectivity index (χ0n) is 14.5. The van der Waals surface area contributed by atoms with Crippen LogP contribution in [0.3, 0.4) is 0 Å². The van der Waals surface area contributed by atoms with Gasteiger partial charge in [-0.1, -0.05) is 18.6 Å². The lowest BCUT2D eigenvalue weighted by atomic mass is 9.55. The number of aryl methyl sites for hydroxylation is 1. The summed E-state index contributed by atoms with van der Waals surface area (Å²) in [6.45, 7) is 4.70. The highest BCUT2D eigenvalue weighted by Gasteiger charge is 2.52. The van der Waals surface area contributed by atoms with Crippen LogP contribution in [0.1, 0.15) is 63.0 Å². The third-order valence-electron chi connectivity index (χ3n) is 7.19. The van der Waals surface area contributed by atoms with Gasteiger partial charge in [0.2, 0.25) is 0 Å². The Morgan fingerprint density at radius 3 is 2.78 bits per heavy atom. The van der Waals surface area contributed by atoms with E-state index >= 15 is 0 Å². The molecule has 0 aromatic heterocycles. The van der Waals surface area contributed by atoms with Gasteiger partial charge in [0.15, 0.2) is 11.6 Å². The molecule has 0 aliphatic heterocycles. The molecule has 2 fully saturated rings. The van der Waals surface area contributed by atoms with E-state index in [1.807, 2.05) is 6.07 Å². The largest absolute Gasteiger partial charge is 0.494 e. The van der Waals surface area contributed by atoms with Gasteiger partial charge in [-0.3, -0.25) is 0 Å². The number of ether oxygens (including phenoxy) is 1. The smallest absolute Gasteiger partial charge is 0.165 e. The van der Waals surface area contributed by atoms with Gasteiger partial charge in [0.25, 0.3) is 0 Å². The topological polar surface area (TPSA) is 9.23 Å². The van der Waals surface area contributed by atoms with Crippen molar-refractivity contribution in [1.82, 2.24) is 0 Å². The van der Waals surface area contributed by atoms with Crippen LogP contribution in [-0.4, -0.2) is 7.11 Å². The van der Waals surface area contributed by atoms with Crippen LogP contribution in [0.2, 0.25) is 0 Å². The van der Waals surface area contributed by atoms with Crippen LogP contribution >= 0.6 is 0 Å². The molecule has 3 unspecified atom stereocenters. The first-order chi connectivity index (χ1) is 11.1. The fourth-order valence-corrected chi connectivity index (χ4v) is 6.05. The Labute approximate surface area is 138 Å². The minimum absolute atomic E-state index is 0.206. The Bertz CT molecular complexity index is 662. The quantitative estimate of drug-likeness (QED) is 0.610. The first-order valence-electron chi connectivity index (χ1n) is 9.10. The molecule has 0 bridgehead atoms. The van der Waals surface area contributed by atoms with E-state index in [0.29, 0.717) is 17.1 Å². The fourth-order valence-electron chi connectivity index (χ4n) is 6.05. The van der Waals surface area contributed by atoms with E-state index in [1.165, 1.54) is 43.2 Å². The van der Waals surface area contributed by atoms with Crippen LogP contribution in [0.15, 0.2) is 23.8 Å². The molecule has 0 amide bonds. The third-order valence-corrected chi connectivity index (χ3v) is 7.19. The molecule has 23 heavy (non-hydrogen) atoms. The normalized spacial score (nSPS) is 37.2. The van der Waals surface area contributed by atoms with Gasteiger partial charge in [-0.25, -0.2) is 4.39 Å². The maximum Gasteiger partial charge on any atom is 0.165 e. The molecule has 1 nitrogen and oxygen atoms in total. The second kappa shape index (κ2) is 5.36. The minimum atomic E-state index is -0.206. The van der Waals surface area contributed by atoms with Crippen molar-refractivity contribution in [2.24, 2.45) is 17.3 Å². The Kier molecular flexibility index (Phi) is 3.55. The Balaban J connectivity index is 1.73. The van der Waals surface area contributed by atoms with Gasteiger partial charge in [0.05, 0.1) is 7.11 Å². The molecule has 1 aromatic carbocycles. The Morgan fingerprint density at radius 1 is 1.22 bits per heavy atom. The highest BCUT2D eigenvalue weighted by molar-refractivity contribution is 5.42. The summed E-state index contributed by atoms with van der Waals surface area (Å²) in [5.41, 5.74) is 4.69. The van der Waals surface area contributed by atoms with Gasteiger partial charge in [-0.05, 0) is 91.9 Å². The van der Waals surface area contributed by atoms with Crippen molar-refractivity contribution in [3.8, 4) is 5.75 Å². The van der Waals surface area contributed by atoms with Gasteiger partial charge in [-0.2, -0.15) is 0 Å². The van der Waals surface area contributed by atoms with Gasteiger partial charge in [0, 0.05) is 0 Å². The molecule has 2 saturated carbocycles. The summed E-state index contributed by atoms with van der Waals surface area (Å²) >= 11 is 0. The molecule has 4 atom stereocenters. The second-order valence-corrected chi connectivity index (χ2v) is 7.91. The maximum atomic E-state index is 14.0. The number of allylic oxidation sites excluding steroid dienone is 2. The molecule has 124 valence electrons. The van der Waals surface area contributed by atoms with Gasteiger partial charge >= 0.3 is 0 Å². The fraction of sp³-hybridized carbons (Fsp3) is 0.619. The van der Waals surface area contributed by atoms with E-state index in [0.717, 1.165) is 18.3 Å². The van der Waals surface area contributed by atoms with Gasteiger partial charge in [0.1, 0.15) is 0 Å². The SMILES string of the molecule is C/C=C1\CCC2C3CCc4cc(F)c(OC)cc4C3CC[C@]12C. The van der Waals surface area contributed by atoms with Crippen LogP contribution in [0, 0.1) is 23.1 Å². The number of halogens is 1. The van der Waals surface area contributed by atoms with Crippen molar-refractivity contribution in [2.45, 2.75) is 58.3 Å². The standard InChI is InChI=1S/C21H27FO/c1-4-14-6-8-18-16-7-5-13-11-19(22)20(23-3)12-17(13)15(16)9-10-21(14,18)2/h4,11-12,15-16,18H,5-10H2,1-3H3/b14-4+/t15?,16?,18?,21-/m1/s1. The summed E-state index contributed by atoms with van der Waals surface area (Å²) in [4.78, 5) is 0. The van der Waals surface area contributed by atoms with Crippen molar-refractivity contribution < 1.29 is 9.13 Å². The molecule has 3 aliphatic rings. The lowest BCUT2D eigenvalue weighted by Crippen LogP contribution is -2.40. The predicted octanol–water partition coefficient (Wildman–Crippen LogP) is 5.64. The summed E-state index contributed by atoms with van der Waals surface area (Å²) in [6.07, 6.45) is 9.74. The van der Waals surface area contributed by atoms with Crippen LogP contribution in [0.5, 0.6) is 5.75 Å². The average Bonchev–Trinajstić information content (AvgIpc) is 2.90. The highest BCUT2D eigenvalue weighted by atomic mass is 19.1. The van der Waals surface area contributed by atoms with Crippen molar-refractivity contribution in [3.05, 3.63) is 40.7 Å². The number of fused-ring (bicyclic) bond motifs is 5. The molecule has 0 spiro atoms. The van der Waals surface area contributed by atoms with Crippen LogP contribution < -0.4 is 4.74 Å². The number of rotatable bonds is 1. The maximum absolute atomic E-state index is 14.0. The summed E-state index contributed by atoms with van der Waals surface area (Å²) < 4.78 is 19.3. The molecule has 2 heteroatoms. The summed E-state index contributed by atoms with van der Waals surface area (Å²) in [7, 11) is 1.57. The average molecular weight is 314 g/mol. The minimum Gasteiger partial charge on any atom is -0.494 e. The molecule has 4 rings (SSSR count). The van der Waals surface area contributed by atoms with E-state index in [2.05, 4.69) is 19.9 Å². The van der Waals surface area contributed by atoms with E-state index < -0.39 is 0 Å². The number of hydrogen-bond acceptors (Lipinski definition) is 1. The van der Waals surface area contributed by atoms with E-state index in [-0.39, 0.29) is 5.82 Å². The Morgan fingerprint density at radius 2 is 2.04 bits per heavy atom. The lowest BCUT2D eigenvalue weighted by Gasteiger charge is -2.49. The van der Waals surface area contributed by atoms with Crippen molar-refractivity contribution in [1.29, 1.82) is 0 Å². The van der Waals surface area contributed by atoms with Gasteiger partial charge in [-0.15, -0.1) is 0 Å². The van der Waals surface area contributed by atoms with Crippen molar-refractivity contribution >= 4 is 0 Å². The predicted molar refractivity (Wildman–Crippen MR) is 91.3 cm³/mol. The molecule has 0 N–H and O–H groups in total. The number of methoxy groups -OCH3 is 1. The van der Waals surface area contributed by atoms with Crippen molar-refractivity contribution in [3.63, 3.8) is 0 Å².